The number of carbonyl (C=O) groups excluding carboxylic acids is 2. The molecule has 7 heteroatoms. The minimum Gasteiger partial charge on any atom is -0.495 e. The van der Waals surface area contributed by atoms with Crippen LogP contribution in [0.5, 0.6) is 5.75 Å². The Morgan fingerprint density at radius 3 is 2.96 bits per heavy atom. The van der Waals surface area contributed by atoms with Crippen molar-refractivity contribution in [2.45, 2.75) is 13.3 Å². The Bertz CT molecular complexity index is 727. The fourth-order valence-electron chi connectivity index (χ4n) is 2.69. The third-order valence-electron chi connectivity index (χ3n) is 3.88. The first kappa shape index (κ1) is 15.1. The minimum atomic E-state index is -0.406. The van der Waals surface area contributed by atoms with Crippen molar-refractivity contribution in [2.75, 3.05) is 23.9 Å². The number of nitrogens with zero attached hydrogens (tertiary/aromatic N) is 2. The van der Waals surface area contributed by atoms with Crippen LogP contribution < -0.4 is 15.0 Å². The lowest BCUT2D eigenvalue weighted by molar-refractivity contribution is -0.122. The zero-order valence-electron chi connectivity index (χ0n) is 13.0. The van der Waals surface area contributed by atoms with Crippen LogP contribution in [0.3, 0.4) is 0 Å². The van der Waals surface area contributed by atoms with E-state index in [4.69, 9.17) is 4.74 Å². The summed E-state index contributed by atoms with van der Waals surface area (Å²) in [6, 6.07) is 7.31. The molecule has 23 heavy (non-hydrogen) atoms. The van der Waals surface area contributed by atoms with Crippen LogP contribution in [0, 0.1) is 12.8 Å². The highest BCUT2D eigenvalue weighted by atomic mass is 16.5. The van der Waals surface area contributed by atoms with Gasteiger partial charge in [0, 0.05) is 19.0 Å². The van der Waals surface area contributed by atoms with Crippen molar-refractivity contribution in [1.82, 2.24) is 10.2 Å². The quantitative estimate of drug-likeness (QED) is 0.899. The van der Waals surface area contributed by atoms with Crippen molar-refractivity contribution in [1.29, 1.82) is 0 Å². The summed E-state index contributed by atoms with van der Waals surface area (Å²) in [5, 5.41) is 9.18. The molecule has 7 nitrogen and oxygen atoms in total. The summed E-state index contributed by atoms with van der Waals surface area (Å²) in [6.07, 6.45) is 1.73. The maximum Gasteiger partial charge on any atom is 0.230 e. The van der Waals surface area contributed by atoms with E-state index in [1.165, 1.54) is 0 Å². The number of carbonyl (C=O) groups is 2. The molecule has 0 spiro atoms. The number of aromatic amines is 1. The highest BCUT2D eigenvalue weighted by Crippen LogP contribution is 2.34. The Labute approximate surface area is 133 Å². The molecule has 0 unspecified atom stereocenters. The van der Waals surface area contributed by atoms with E-state index in [0.717, 1.165) is 5.56 Å². The molecule has 0 radical (unpaired) electrons. The number of H-pyrrole nitrogens is 1. The van der Waals surface area contributed by atoms with Gasteiger partial charge in [-0.3, -0.25) is 14.7 Å². The smallest absolute Gasteiger partial charge is 0.230 e. The first-order valence-corrected chi connectivity index (χ1v) is 7.33. The van der Waals surface area contributed by atoms with Crippen molar-refractivity contribution >= 4 is 23.3 Å². The molecule has 120 valence electrons. The molecular weight excluding hydrogens is 296 g/mol. The number of aryl methyl sites for hydroxylation is 1. The number of aromatic nitrogens is 2. The molecule has 0 bridgehead atoms. The zero-order valence-corrected chi connectivity index (χ0v) is 13.0. The average molecular weight is 314 g/mol. The maximum absolute atomic E-state index is 12.3. The van der Waals surface area contributed by atoms with Crippen LogP contribution in [0.25, 0.3) is 0 Å². The van der Waals surface area contributed by atoms with Gasteiger partial charge in [-0.05, 0) is 24.6 Å². The summed E-state index contributed by atoms with van der Waals surface area (Å²) in [5.41, 5.74) is 1.73. The Balaban J connectivity index is 1.77. The van der Waals surface area contributed by atoms with Gasteiger partial charge < -0.3 is 15.0 Å². The second-order valence-corrected chi connectivity index (χ2v) is 5.54. The van der Waals surface area contributed by atoms with Gasteiger partial charge in [-0.15, -0.1) is 0 Å². The number of hydrogen-bond donors (Lipinski definition) is 2. The maximum atomic E-state index is 12.3. The van der Waals surface area contributed by atoms with E-state index in [0.29, 0.717) is 23.8 Å². The van der Waals surface area contributed by atoms with Gasteiger partial charge in [0.1, 0.15) is 11.6 Å². The van der Waals surface area contributed by atoms with Gasteiger partial charge >= 0.3 is 0 Å². The minimum absolute atomic E-state index is 0.0846. The summed E-state index contributed by atoms with van der Waals surface area (Å²) in [6.45, 7) is 2.28. The lowest BCUT2D eigenvalue weighted by Gasteiger charge is -2.20. The SMILES string of the molecule is COc1ccc(C)cc1N1C[C@H](C(=O)Nc2ccn[nH]2)CC1=O. The lowest BCUT2D eigenvalue weighted by atomic mass is 10.1. The van der Waals surface area contributed by atoms with Crippen LogP contribution in [0.15, 0.2) is 30.5 Å². The molecule has 0 aliphatic carbocycles. The summed E-state index contributed by atoms with van der Waals surface area (Å²) in [5.74, 6) is 0.457. The Hall–Kier alpha value is -2.83. The molecule has 1 saturated heterocycles. The normalized spacial score (nSPS) is 17.4. The first-order valence-electron chi connectivity index (χ1n) is 7.33. The average Bonchev–Trinajstić information content (AvgIpc) is 3.16. The van der Waals surface area contributed by atoms with Gasteiger partial charge in [-0.1, -0.05) is 6.07 Å². The summed E-state index contributed by atoms with van der Waals surface area (Å²) < 4.78 is 5.33. The number of benzene rings is 1. The molecule has 1 atom stereocenters. The standard InChI is InChI=1S/C16H18N4O3/c1-10-3-4-13(23-2)12(7-10)20-9-11(8-15(20)21)16(22)18-14-5-6-17-19-14/h3-7,11H,8-9H2,1-2H3,(H2,17,18,19,22)/t11-/m1/s1. The van der Waals surface area contributed by atoms with Crippen LogP contribution >= 0.6 is 0 Å². The highest BCUT2D eigenvalue weighted by Gasteiger charge is 2.36. The molecule has 1 aromatic carbocycles. The molecule has 1 aliphatic rings. The van der Waals surface area contributed by atoms with E-state index >= 15 is 0 Å². The second-order valence-electron chi connectivity index (χ2n) is 5.54. The molecule has 1 aliphatic heterocycles. The van der Waals surface area contributed by atoms with Crippen molar-refractivity contribution < 1.29 is 14.3 Å². The van der Waals surface area contributed by atoms with Gasteiger partial charge in [0.15, 0.2) is 0 Å². The number of methoxy groups -OCH3 is 1. The monoisotopic (exact) mass is 314 g/mol. The van der Waals surface area contributed by atoms with Crippen molar-refractivity contribution in [3.63, 3.8) is 0 Å². The molecule has 2 aromatic rings. The molecule has 3 rings (SSSR count). The number of amides is 2. The van der Waals surface area contributed by atoms with E-state index in [1.54, 1.807) is 24.3 Å². The van der Waals surface area contributed by atoms with Gasteiger partial charge in [0.25, 0.3) is 0 Å². The van der Waals surface area contributed by atoms with Crippen LogP contribution in [0.2, 0.25) is 0 Å². The number of anilines is 2. The Morgan fingerprint density at radius 1 is 1.43 bits per heavy atom. The zero-order chi connectivity index (χ0) is 16.4. The fourth-order valence-corrected chi connectivity index (χ4v) is 2.69. The highest BCUT2D eigenvalue weighted by molar-refractivity contribution is 6.04. The third-order valence-corrected chi connectivity index (χ3v) is 3.88. The van der Waals surface area contributed by atoms with Crippen molar-refractivity contribution in [3.8, 4) is 5.75 Å². The van der Waals surface area contributed by atoms with E-state index < -0.39 is 5.92 Å². The topological polar surface area (TPSA) is 87.3 Å². The third kappa shape index (κ3) is 3.03. The number of ether oxygens (including phenoxy) is 1. The molecule has 2 N–H and O–H groups in total. The van der Waals surface area contributed by atoms with Crippen LogP contribution in [-0.4, -0.2) is 35.7 Å². The molecule has 1 fully saturated rings. The van der Waals surface area contributed by atoms with E-state index in [9.17, 15) is 9.59 Å². The predicted molar refractivity (Wildman–Crippen MR) is 85.4 cm³/mol. The van der Waals surface area contributed by atoms with Crippen molar-refractivity contribution in [3.05, 3.63) is 36.0 Å². The number of nitrogens with one attached hydrogen (secondary N) is 2. The van der Waals surface area contributed by atoms with Crippen LogP contribution in [-0.2, 0) is 9.59 Å². The second kappa shape index (κ2) is 6.12. The van der Waals surface area contributed by atoms with E-state index in [1.807, 2.05) is 25.1 Å². The van der Waals surface area contributed by atoms with Gasteiger partial charge in [0.2, 0.25) is 11.8 Å². The molecular formula is C16H18N4O3. The van der Waals surface area contributed by atoms with Gasteiger partial charge in [0.05, 0.1) is 24.9 Å². The predicted octanol–water partition coefficient (Wildman–Crippen LogP) is 1.72. The van der Waals surface area contributed by atoms with Crippen molar-refractivity contribution in [2.24, 2.45) is 5.92 Å². The number of hydrogen-bond acceptors (Lipinski definition) is 4. The lowest BCUT2D eigenvalue weighted by Crippen LogP contribution is -2.28. The molecule has 0 saturated carbocycles. The van der Waals surface area contributed by atoms with Crippen LogP contribution in [0.1, 0.15) is 12.0 Å². The number of rotatable bonds is 4. The largest absolute Gasteiger partial charge is 0.495 e. The molecule has 2 amide bonds. The molecule has 1 aromatic heterocycles. The Kier molecular flexibility index (Phi) is 4.01. The van der Waals surface area contributed by atoms with Gasteiger partial charge in [-0.25, -0.2) is 0 Å². The first-order chi connectivity index (χ1) is 11.1. The summed E-state index contributed by atoms with van der Waals surface area (Å²) in [4.78, 5) is 26.2. The molecule has 2 heterocycles. The van der Waals surface area contributed by atoms with E-state index in [2.05, 4.69) is 15.5 Å². The van der Waals surface area contributed by atoms with Gasteiger partial charge in [-0.2, -0.15) is 5.10 Å². The fraction of sp³-hybridized carbons (Fsp3) is 0.312. The Morgan fingerprint density at radius 2 is 2.26 bits per heavy atom. The summed E-state index contributed by atoms with van der Waals surface area (Å²) >= 11 is 0. The summed E-state index contributed by atoms with van der Waals surface area (Å²) in [7, 11) is 1.57. The van der Waals surface area contributed by atoms with Crippen LogP contribution in [0.4, 0.5) is 11.5 Å². The van der Waals surface area contributed by atoms with E-state index in [-0.39, 0.29) is 18.2 Å².